The van der Waals surface area contributed by atoms with Gasteiger partial charge in [0.25, 0.3) is 0 Å². The maximum absolute atomic E-state index is 12.7. The van der Waals surface area contributed by atoms with Gasteiger partial charge in [-0.2, -0.15) is 4.98 Å². The number of hydrogen-bond acceptors (Lipinski definition) is 7. The molecule has 0 bridgehead atoms. The Kier molecular flexibility index (Phi) is 8.14. The molecule has 1 N–H and O–H groups in total. The summed E-state index contributed by atoms with van der Waals surface area (Å²) in [5, 5.41) is 7.22. The number of benzene rings is 2. The average molecular weight is 465 g/mol. The fourth-order valence-corrected chi connectivity index (χ4v) is 4.26. The van der Waals surface area contributed by atoms with Gasteiger partial charge < -0.3 is 19.3 Å². The van der Waals surface area contributed by atoms with Crippen LogP contribution in [0.5, 0.6) is 11.5 Å². The van der Waals surface area contributed by atoms with E-state index in [2.05, 4.69) is 26.4 Å². The molecule has 1 atom stereocenters. The summed E-state index contributed by atoms with van der Waals surface area (Å²) < 4.78 is 15.9. The van der Waals surface area contributed by atoms with E-state index in [1.54, 1.807) is 14.2 Å². The summed E-state index contributed by atoms with van der Waals surface area (Å²) in [4.78, 5) is 19.5. The number of ether oxygens (including phenoxy) is 2. The molecule has 2 aromatic carbocycles. The molecule has 1 saturated heterocycles. The van der Waals surface area contributed by atoms with E-state index >= 15 is 0 Å². The summed E-state index contributed by atoms with van der Waals surface area (Å²) in [5.74, 6) is 2.87. The summed E-state index contributed by atoms with van der Waals surface area (Å²) in [6.07, 6.45) is 3.67. The normalized spacial score (nSPS) is 16.2. The fraction of sp³-hybridized carbons (Fsp3) is 0.423. The number of carbonyl (C=O) groups excluding carboxylic acids is 1. The van der Waals surface area contributed by atoms with Crippen LogP contribution in [0, 0.1) is 5.92 Å². The second-order valence-corrected chi connectivity index (χ2v) is 8.56. The molecule has 0 aliphatic carbocycles. The van der Waals surface area contributed by atoms with Gasteiger partial charge in [-0.1, -0.05) is 17.3 Å². The average Bonchev–Trinajstić information content (AvgIpc) is 3.35. The first-order valence-corrected chi connectivity index (χ1v) is 11.7. The highest BCUT2D eigenvalue weighted by molar-refractivity contribution is 5.78. The van der Waals surface area contributed by atoms with Crippen LogP contribution >= 0.6 is 0 Å². The highest BCUT2D eigenvalue weighted by Crippen LogP contribution is 2.22. The Hall–Kier alpha value is -3.39. The van der Waals surface area contributed by atoms with E-state index in [9.17, 15) is 4.79 Å². The second kappa shape index (κ2) is 11.7. The van der Waals surface area contributed by atoms with E-state index < -0.39 is 0 Å². The summed E-state index contributed by atoms with van der Waals surface area (Å²) in [6, 6.07) is 15.6. The lowest BCUT2D eigenvalue weighted by Crippen LogP contribution is -2.43. The van der Waals surface area contributed by atoms with Crippen LogP contribution in [0.15, 0.2) is 53.1 Å². The number of piperidine rings is 1. The molecule has 180 valence electrons. The van der Waals surface area contributed by atoms with Crippen molar-refractivity contribution in [1.82, 2.24) is 20.4 Å². The van der Waals surface area contributed by atoms with E-state index in [-0.39, 0.29) is 11.8 Å². The molecule has 0 radical (unpaired) electrons. The molecule has 8 nitrogen and oxygen atoms in total. The molecule has 1 unspecified atom stereocenters. The Labute approximate surface area is 200 Å². The number of carbonyl (C=O) groups is 1. The molecule has 1 aliphatic rings. The number of rotatable bonds is 10. The summed E-state index contributed by atoms with van der Waals surface area (Å²) in [7, 11) is 3.31. The zero-order valence-electron chi connectivity index (χ0n) is 19.8. The summed E-state index contributed by atoms with van der Waals surface area (Å²) in [5.41, 5.74) is 2.09. The molecule has 1 fully saturated rings. The number of methoxy groups -OCH3 is 2. The molecule has 1 amide bonds. The van der Waals surface area contributed by atoms with E-state index in [0.717, 1.165) is 49.3 Å². The van der Waals surface area contributed by atoms with E-state index in [0.29, 0.717) is 31.3 Å². The highest BCUT2D eigenvalue weighted by Gasteiger charge is 2.26. The molecular weight excluding hydrogens is 432 g/mol. The molecule has 4 rings (SSSR count). The quantitative estimate of drug-likeness (QED) is 0.458. The first-order chi connectivity index (χ1) is 16.6. The maximum atomic E-state index is 12.7. The zero-order valence-corrected chi connectivity index (χ0v) is 19.8. The molecule has 2 heterocycles. The number of aromatic nitrogens is 2. The first kappa shape index (κ1) is 23.8. The minimum absolute atomic E-state index is 0.0189. The van der Waals surface area contributed by atoms with E-state index in [1.807, 2.05) is 42.5 Å². The largest absolute Gasteiger partial charge is 0.497 e. The number of nitrogens with one attached hydrogen (secondary N) is 1. The molecule has 1 aromatic heterocycles. The zero-order chi connectivity index (χ0) is 23.8. The van der Waals surface area contributed by atoms with Gasteiger partial charge in [0, 0.05) is 18.7 Å². The van der Waals surface area contributed by atoms with Gasteiger partial charge >= 0.3 is 0 Å². The van der Waals surface area contributed by atoms with Crippen molar-refractivity contribution in [2.24, 2.45) is 5.92 Å². The van der Waals surface area contributed by atoms with Crippen LogP contribution in [-0.2, 0) is 17.8 Å². The summed E-state index contributed by atoms with van der Waals surface area (Å²) in [6.45, 7) is 2.83. The number of amides is 1. The predicted octanol–water partition coefficient (Wildman–Crippen LogP) is 3.71. The smallest absolute Gasteiger partial charge is 0.241 e. The monoisotopic (exact) mass is 464 g/mol. The van der Waals surface area contributed by atoms with Crippen molar-refractivity contribution in [2.75, 3.05) is 33.9 Å². The van der Waals surface area contributed by atoms with Crippen LogP contribution in [0.25, 0.3) is 11.4 Å². The highest BCUT2D eigenvalue weighted by atomic mass is 16.5. The number of aryl methyl sites for hydroxylation is 1. The molecule has 0 spiro atoms. The SMILES string of the molecule is COc1ccc(-c2noc(CN3CCCC(C(=O)NCCCc4cccc(OC)c4)C3)n2)cc1. The molecular formula is C26H32N4O4. The first-order valence-electron chi connectivity index (χ1n) is 11.7. The van der Waals surface area contributed by atoms with Gasteiger partial charge in [0.05, 0.1) is 26.7 Å². The maximum Gasteiger partial charge on any atom is 0.241 e. The van der Waals surface area contributed by atoms with Crippen molar-refractivity contribution in [3.8, 4) is 22.9 Å². The number of hydrogen-bond donors (Lipinski definition) is 1. The van der Waals surface area contributed by atoms with Crippen LogP contribution in [0.2, 0.25) is 0 Å². The molecule has 1 aliphatic heterocycles. The van der Waals surface area contributed by atoms with Crippen LogP contribution in [0.4, 0.5) is 0 Å². The van der Waals surface area contributed by atoms with Gasteiger partial charge in [0.2, 0.25) is 17.6 Å². The lowest BCUT2D eigenvalue weighted by atomic mass is 9.97. The predicted molar refractivity (Wildman–Crippen MR) is 129 cm³/mol. The fourth-order valence-electron chi connectivity index (χ4n) is 4.26. The van der Waals surface area contributed by atoms with Crippen molar-refractivity contribution < 1.29 is 18.8 Å². The van der Waals surface area contributed by atoms with Crippen LogP contribution in [-0.4, -0.2) is 54.8 Å². The van der Waals surface area contributed by atoms with Gasteiger partial charge in [0.15, 0.2) is 0 Å². The number of likely N-dealkylation sites (tertiary alicyclic amines) is 1. The Bertz CT molecular complexity index is 1070. The third kappa shape index (κ3) is 6.35. The van der Waals surface area contributed by atoms with Gasteiger partial charge in [-0.05, 0) is 74.2 Å². The van der Waals surface area contributed by atoms with Gasteiger partial charge in [0.1, 0.15) is 11.5 Å². The van der Waals surface area contributed by atoms with Crippen LogP contribution in [0.1, 0.15) is 30.7 Å². The van der Waals surface area contributed by atoms with E-state index in [1.165, 1.54) is 5.56 Å². The van der Waals surface area contributed by atoms with Crippen LogP contribution < -0.4 is 14.8 Å². The third-order valence-corrected chi connectivity index (χ3v) is 6.13. The third-order valence-electron chi connectivity index (χ3n) is 6.13. The van der Waals surface area contributed by atoms with Crippen LogP contribution in [0.3, 0.4) is 0 Å². The van der Waals surface area contributed by atoms with Crippen molar-refractivity contribution in [3.05, 3.63) is 60.0 Å². The lowest BCUT2D eigenvalue weighted by molar-refractivity contribution is -0.126. The Morgan fingerprint density at radius 2 is 1.97 bits per heavy atom. The Balaban J connectivity index is 1.22. The Morgan fingerprint density at radius 1 is 1.15 bits per heavy atom. The van der Waals surface area contributed by atoms with Gasteiger partial charge in [-0.3, -0.25) is 9.69 Å². The molecule has 34 heavy (non-hydrogen) atoms. The topological polar surface area (TPSA) is 89.7 Å². The van der Waals surface area contributed by atoms with Crippen molar-refractivity contribution in [2.45, 2.75) is 32.2 Å². The van der Waals surface area contributed by atoms with Crippen molar-refractivity contribution >= 4 is 5.91 Å². The summed E-state index contributed by atoms with van der Waals surface area (Å²) >= 11 is 0. The standard InChI is InChI=1S/C26H32N4O4/c1-32-22-12-10-20(11-13-22)25-28-24(34-29-25)18-30-15-5-8-21(17-30)26(31)27-14-4-7-19-6-3-9-23(16-19)33-2/h3,6,9-13,16,21H,4-5,7-8,14-15,17-18H2,1-2H3,(H,27,31). The van der Waals surface area contributed by atoms with Crippen molar-refractivity contribution in [1.29, 1.82) is 0 Å². The van der Waals surface area contributed by atoms with Gasteiger partial charge in [-0.15, -0.1) is 0 Å². The minimum Gasteiger partial charge on any atom is -0.497 e. The van der Waals surface area contributed by atoms with E-state index in [4.69, 9.17) is 14.0 Å². The molecule has 0 saturated carbocycles. The van der Waals surface area contributed by atoms with Crippen molar-refractivity contribution in [3.63, 3.8) is 0 Å². The lowest BCUT2D eigenvalue weighted by Gasteiger charge is -2.30. The second-order valence-electron chi connectivity index (χ2n) is 8.56. The Morgan fingerprint density at radius 3 is 2.76 bits per heavy atom. The minimum atomic E-state index is -0.0189. The number of nitrogens with zero attached hydrogens (tertiary/aromatic N) is 3. The molecule has 3 aromatic rings. The molecule has 8 heteroatoms. The van der Waals surface area contributed by atoms with Gasteiger partial charge in [-0.25, -0.2) is 0 Å².